The number of nitrogens with one attached hydrogen (secondary N) is 1. The van der Waals surface area contributed by atoms with Gasteiger partial charge in [0.05, 0.1) is 13.7 Å². The van der Waals surface area contributed by atoms with E-state index in [0.29, 0.717) is 26.2 Å². The lowest BCUT2D eigenvalue weighted by atomic mass is 10.2. The lowest BCUT2D eigenvalue weighted by Crippen LogP contribution is -2.39. The third kappa shape index (κ3) is 5.80. The molecule has 8 heteroatoms. The molecule has 1 aromatic heterocycles. The van der Waals surface area contributed by atoms with Crippen molar-refractivity contribution in [3.63, 3.8) is 0 Å². The summed E-state index contributed by atoms with van der Waals surface area (Å²) in [7, 11) is 3.36. The molecule has 27 heavy (non-hydrogen) atoms. The summed E-state index contributed by atoms with van der Waals surface area (Å²) in [5.74, 6) is 1.52. The number of methoxy groups -OCH3 is 1. The van der Waals surface area contributed by atoms with Gasteiger partial charge >= 0.3 is 0 Å². The fraction of sp³-hybridized carbons (Fsp3) is 0.421. The summed E-state index contributed by atoms with van der Waals surface area (Å²) in [6.07, 6.45) is 4.31. The van der Waals surface area contributed by atoms with Crippen molar-refractivity contribution < 1.29 is 9.13 Å². The van der Waals surface area contributed by atoms with E-state index < -0.39 is 0 Å². The molecule has 0 spiro atoms. The molecule has 0 saturated heterocycles. The number of hydrogen-bond acceptors (Lipinski definition) is 4. The second kappa shape index (κ2) is 10.3. The van der Waals surface area contributed by atoms with E-state index in [1.54, 1.807) is 18.5 Å². The Balaban J connectivity index is 2.04. The molecule has 0 aliphatic carbocycles. The second-order valence-corrected chi connectivity index (χ2v) is 5.99. The van der Waals surface area contributed by atoms with Gasteiger partial charge in [0.1, 0.15) is 12.2 Å². The summed E-state index contributed by atoms with van der Waals surface area (Å²) in [6.45, 7) is 8.15. The van der Waals surface area contributed by atoms with Crippen molar-refractivity contribution in [3.8, 4) is 5.75 Å². The molecule has 0 aliphatic heterocycles. The van der Waals surface area contributed by atoms with Gasteiger partial charge in [-0.2, -0.15) is 0 Å². The number of guanidine groups is 1. The van der Waals surface area contributed by atoms with E-state index in [4.69, 9.17) is 4.74 Å². The first kappa shape index (κ1) is 20.4. The number of hydrogen-bond donors (Lipinski definition) is 1. The highest BCUT2D eigenvalue weighted by molar-refractivity contribution is 5.79. The minimum absolute atomic E-state index is 0.237. The van der Waals surface area contributed by atoms with E-state index in [2.05, 4.69) is 27.1 Å². The monoisotopic (exact) mass is 374 g/mol. The van der Waals surface area contributed by atoms with Gasteiger partial charge in [0.15, 0.2) is 17.5 Å². The molecule has 0 amide bonds. The number of rotatable bonds is 9. The van der Waals surface area contributed by atoms with Crippen molar-refractivity contribution in [2.45, 2.75) is 26.4 Å². The Morgan fingerprint density at radius 3 is 2.96 bits per heavy atom. The van der Waals surface area contributed by atoms with Gasteiger partial charge in [-0.05, 0) is 17.7 Å². The summed E-state index contributed by atoms with van der Waals surface area (Å²) in [5.41, 5.74) is 0.830. The number of aryl methyl sites for hydroxylation is 1. The molecule has 1 heterocycles. The van der Waals surface area contributed by atoms with Crippen LogP contribution in [0.5, 0.6) is 5.75 Å². The first-order valence-electron chi connectivity index (χ1n) is 8.88. The summed E-state index contributed by atoms with van der Waals surface area (Å²) in [6, 6.07) is 4.95. The third-order valence-corrected chi connectivity index (χ3v) is 4.02. The van der Waals surface area contributed by atoms with Crippen LogP contribution in [-0.2, 0) is 19.5 Å². The van der Waals surface area contributed by atoms with Crippen molar-refractivity contribution in [1.29, 1.82) is 0 Å². The second-order valence-electron chi connectivity index (χ2n) is 5.99. The van der Waals surface area contributed by atoms with E-state index in [0.717, 1.165) is 23.8 Å². The number of benzene rings is 1. The number of nitrogens with zero attached hydrogens (tertiary/aromatic N) is 5. The van der Waals surface area contributed by atoms with Crippen LogP contribution >= 0.6 is 0 Å². The van der Waals surface area contributed by atoms with E-state index in [-0.39, 0.29) is 11.6 Å². The zero-order valence-corrected chi connectivity index (χ0v) is 16.2. The number of aliphatic imine (C=N–C) groups is 1. The molecule has 0 aliphatic rings. The van der Waals surface area contributed by atoms with Gasteiger partial charge in [0.25, 0.3) is 0 Å². The first-order chi connectivity index (χ1) is 13.1. The molecule has 7 nitrogen and oxygen atoms in total. The Kier molecular flexibility index (Phi) is 7.79. The molecule has 2 aromatic rings. The average molecular weight is 374 g/mol. The van der Waals surface area contributed by atoms with Gasteiger partial charge in [0.2, 0.25) is 0 Å². The molecule has 1 N–H and O–H groups in total. The molecular formula is C19H27FN6O. The van der Waals surface area contributed by atoms with E-state index in [1.165, 1.54) is 13.2 Å². The molecule has 0 atom stereocenters. The van der Waals surface area contributed by atoms with Gasteiger partial charge in [-0.15, -0.1) is 16.8 Å². The standard InChI is InChI=1S/C19H27FN6O/c1-5-9-21-19(22-10-11-26-14-23-24-18(26)6-2)25(3)13-15-7-8-17(27-4)16(20)12-15/h5,7-8,12,14H,1,6,9-11,13H2,2-4H3,(H,21,22). The lowest BCUT2D eigenvalue weighted by molar-refractivity contribution is 0.385. The van der Waals surface area contributed by atoms with Crippen LogP contribution < -0.4 is 10.1 Å². The molecule has 0 fully saturated rings. The zero-order valence-electron chi connectivity index (χ0n) is 16.2. The van der Waals surface area contributed by atoms with E-state index in [1.807, 2.05) is 29.5 Å². The predicted molar refractivity (Wildman–Crippen MR) is 104 cm³/mol. The minimum Gasteiger partial charge on any atom is -0.494 e. The van der Waals surface area contributed by atoms with Crippen LogP contribution in [0.25, 0.3) is 0 Å². The van der Waals surface area contributed by atoms with Crippen LogP contribution in [0.4, 0.5) is 4.39 Å². The summed E-state index contributed by atoms with van der Waals surface area (Å²) >= 11 is 0. The quantitative estimate of drug-likeness (QED) is 0.414. The SMILES string of the molecule is C=CCNC(=NCCn1cnnc1CC)N(C)Cc1ccc(OC)c(F)c1. The molecule has 0 saturated carbocycles. The highest BCUT2D eigenvalue weighted by Gasteiger charge is 2.10. The molecule has 0 radical (unpaired) electrons. The number of aromatic nitrogens is 3. The molecule has 1 aromatic carbocycles. The fourth-order valence-electron chi connectivity index (χ4n) is 2.64. The molecule has 2 rings (SSSR count). The maximum absolute atomic E-state index is 13.9. The minimum atomic E-state index is -0.374. The summed E-state index contributed by atoms with van der Waals surface area (Å²) in [5, 5.41) is 11.2. The van der Waals surface area contributed by atoms with Gasteiger partial charge in [-0.25, -0.2) is 4.39 Å². The molecule has 146 valence electrons. The Hall–Kier alpha value is -2.90. The first-order valence-corrected chi connectivity index (χ1v) is 8.88. The van der Waals surface area contributed by atoms with Crippen molar-refractivity contribution in [2.75, 3.05) is 27.2 Å². The zero-order chi connectivity index (χ0) is 19.6. The third-order valence-electron chi connectivity index (χ3n) is 4.02. The number of ether oxygens (including phenoxy) is 1. The molecule has 0 bridgehead atoms. The largest absolute Gasteiger partial charge is 0.494 e. The Bertz CT molecular complexity index is 773. The van der Waals surface area contributed by atoms with Gasteiger partial charge in [-0.3, -0.25) is 4.99 Å². The van der Waals surface area contributed by atoms with Crippen molar-refractivity contribution in [1.82, 2.24) is 25.0 Å². The van der Waals surface area contributed by atoms with E-state index in [9.17, 15) is 4.39 Å². The average Bonchev–Trinajstić information content (AvgIpc) is 3.12. The van der Waals surface area contributed by atoms with Crippen LogP contribution in [0.15, 0.2) is 42.2 Å². The van der Waals surface area contributed by atoms with Crippen LogP contribution in [0.2, 0.25) is 0 Å². The van der Waals surface area contributed by atoms with Crippen molar-refractivity contribution in [2.24, 2.45) is 4.99 Å². The normalized spacial score (nSPS) is 11.3. The van der Waals surface area contributed by atoms with Crippen LogP contribution in [0, 0.1) is 5.82 Å². The van der Waals surface area contributed by atoms with Gasteiger partial charge in [0, 0.05) is 33.1 Å². The summed E-state index contributed by atoms with van der Waals surface area (Å²) in [4.78, 5) is 6.59. The highest BCUT2D eigenvalue weighted by atomic mass is 19.1. The maximum atomic E-state index is 13.9. The Morgan fingerprint density at radius 2 is 2.30 bits per heavy atom. The van der Waals surface area contributed by atoms with Gasteiger partial charge in [-0.1, -0.05) is 19.1 Å². The fourth-order valence-corrected chi connectivity index (χ4v) is 2.64. The topological polar surface area (TPSA) is 67.6 Å². The Morgan fingerprint density at radius 1 is 1.48 bits per heavy atom. The number of halogens is 1. The smallest absolute Gasteiger partial charge is 0.194 e. The lowest BCUT2D eigenvalue weighted by Gasteiger charge is -2.22. The van der Waals surface area contributed by atoms with Crippen molar-refractivity contribution >= 4 is 5.96 Å². The van der Waals surface area contributed by atoms with Crippen LogP contribution in [-0.4, -0.2) is 52.9 Å². The maximum Gasteiger partial charge on any atom is 0.194 e. The van der Waals surface area contributed by atoms with Gasteiger partial charge < -0.3 is 19.5 Å². The summed E-state index contributed by atoms with van der Waals surface area (Å²) < 4.78 is 20.9. The molecule has 0 unspecified atom stereocenters. The van der Waals surface area contributed by atoms with Crippen LogP contribution in [0.3, 0.4) is 0 Å². The van der Waals surface area contributed by atoms with E-state index >= 15 is 0 Å². The van der Waals surface area contributed by atoms with Crippen molar-refractivity contribution in [3.05, 3.63) is 54.4 Å². The molecular weight excluding hydrogens is 347 g/mol. The predicted octanol–water partition coefficient (Wildman–Crippen LogP) is 2.25. The Labute approximate surface area is 159 Å². The highest BCUT2D eigenvalue weighted by Crippen LogP contribution is 2.18. The van der Waals surface area contributed by atoms with Crippen LogP contribution in [0.1, 0.15) is 18.3 Å².